The largest absolute Gasteiger partial charge is 0.461 e. The second-order valence-electron chi connectivity index (χ2n) is 7.04. The number of carbonyl (C=O) groups excluding carboxylic acids is 1. The number of hydrogen-bond donors (Lipinski definition) is 1. The van der Waals surface area contributed by atoms with Gasteiger partial charge in [0, 0.05) is 27.0 Å². The number of aryl methyl sites for hydroxylation is 1. The zero-order valence-electron chi connectivity index (χ0n) is 13.7. The highest BCUT2D eigenvalue weighted by molar-refractivity contribution is 9.10. The number of benzene rings is 1. The fourth-order valence-corrected chi connectivity index (χ4v) is 4.71. The fourth-order valence-electron chi connectivity index (χ4n) is 3.92. The second-order valence-corrected chi connectivity index (χ2v) is 7.89. The third kappa shape index (κ3) is 3.09. The van der Waals surface area contributed by atoms with Gasteiger partial charge in [-0.05, 0) is 63.5 Å². The Balaban J connectivity index is 0.00000169. The summed E-state index contributed by atoms with van der Waals surface area (Å²) in [5.41, 5.74) is 2.95. The molecular formula is C18H22BrClN2O2. The van der Waals surface area contributed by atoms with Gasteiger partial charge in [0.1, 0.15) is 0 Å². The number of piperidine rings is 3. The van der Waals surface area contributed by atoms with Crippen LogP contribution in [0.4, 0.5) is 0 Å². The number of rotatable bonds is 3. The van der Waals surface area contributed by atoms with Gasteiger partial charge in [-0.25, -0.2) is 4.79 Å². The monoisotopic (exact) mass is 412 g/mol. The lowest BCUT2D eigenvalue weighted by Gasteiger charge is -2.47. The molecule has 0 atom stereocenters. The molecule has 5 rings (SSSR count). The third-order valence-electron chi connectivity index (χ3n) is 5.48. The summed E-state index contributed by atoms with van der Waals surface area (Å²) >= 11 is 3.57. The minimum Gasteiger partial charge on any atom is -0.461 e. The van der Waals surface area contributed by atoms with Crippen molar-refractivity contribution in [3.63, 3.8) is 0 Å². The highest BCUT2D eigenvalue weighted by atomic mass is 79.9. The van der Waals surface area contributed by atoms with E-state index in [1.165, 1.54) is 0 Å². The Bertz CT molecular complexity index is 752. The van der Waals surface area contributed by atoms with Crippen LogP contribution in [-0.4, -0.2) is 42.1 Å². The first-order valence-electron chi connectivity index (χ1n) is 8.23. The molecule has 24 heavy (non-hydrogen) atoms. The van der Waals surface area contributed by atoms with Gasteiger partial charge in [0.15, 0.2) is 0 Å². The summed E-state index contributed by atoms with van der Waals surface area (Å²) in [6.07, 6.45) is 5.21. The summed E-state index contributed by atoms with van der Waals surface area (Å²) in [5.74, 6) is -0.219. The molecule has 4 heterocycles. The van der Waals surface area contributed by atoms with Crippen LogP contribution in [-0.2, 0) is 4.74 Å². The predicted molar refractivity (Wildman–Crippen MR) is 101 cm³/mol. The van der Waals surface area contributed by atoms with E-state index in [4.69, 9.17) is 4.74 Å². The van der Waals surface area contributed by atoms with Crippen molar-refractivity contribution in [3.8, 4) is 0 Å². The van der Waals surface area contributed by atoms with Crippen molar-refractivity contribution in [2.24, 2.45) is 5.41 Å². The lowest BCUT2D eigenvalue weighted by Crippen LogP contribution is -2.50. The first kappa shape index (κ1) is 17.8. The number of fused-ring (bicyclic) bond motifs is 4. The van der Waals surface area contributed by atoms with Crippen molar-refractivity contribution in [2.45, 2.75) is 26.2 Å². The first-order valence-corrected chi connectivity index (χ1v) is 9.02. The van der Waals surface area contributed by atoms with Crippen molar-refractivity contribution < 1.29 is 9.53 Å². The molecule has 130 valence electrons. The molecule has 4 nitrogen and oxygen atoms in total. The number of aromatic nitrogens is 1. The van der Waals surface area contributed by atoms with E-state index < -0.39 is 0 Å². The van der Waals surface area contributed by atoms with E-state index in [9.17, 15) is 4.79 Å². The van der Waals surface area contributed by atoms with Crippen LogP contribution in [0.25, 0.3) is 10.9 Å². The fraction of sp³-hybridized carbons (Fsp3) is 0.500. The lowest BCUT2D eigenvalue weighted by molar-refractivity contribution is -0.0304. The number of ether oxygens (including phenoxy) is 1. The van der Waals surface area contributed by atoms with Crippen molar-refractivity contribution in [1.82, 2.24) is 9.88 Å². The summed E-state index contributed by atoms with van der Waals surface area (Å²) in [5, 5.41) is 0.913. The van der Waals surface area contributed by atoms with E-state index >= 15 is 0 Å². The molecule has 1 aromatic heterocycles. The molecule has 2 aromatic rings. The Morgan fingerprint density at radius 3 is 2.62 bits per heavy atom. The number of nitrogens with zero attached hydrogens (tertiary/aromatic N) is 1. The first-order chi connectivity index (χ1) is 11.1. The molecule has 3 fully saturated rings. The van der Waals surface area contributed by atoms with E-state index in [1.54, 1.807) is 6.20 Å². The van der Waals surface area contributed by atoms with Gasteiger partial charge in [-0.1, -0.05) is 15.9 Å². The molecular weight excluding hydrogens is 392 g/mol. The van der Waals surface area contributed by atoms with Gasteiger partial charge in [0.2, 0.25) is 0 Å². The van der Waals surface area contributed by atoms with Gasteiger partial charge < -0.3 is 14.6 Å². The zero-order valence-corrected chi connectivity index (χ0v) is 16.1. The molecule has 1 N–H and O–H groups in total. The van der Waals surface area contributed by atoms with Crippen LogP contribution in [0, 0.1) is 12.3 Å². The Hall–Kier alpha value is -1.04. The van der Waals surface area contributed by atoms with Crippen molar-refractivity contribution in [3.05, 3.63) is 33.9 Å². The average molecular weight is 414 g/mol. The predicted octanol–water partition coefficient (Wildman–Crippen LogP) is 4.30. The Morgan fingerprint density at radius 1 is 1.29 bits per heavy atom. The molecule has 3 aliphatic rings. The van der Waals surface area contributed by atoms with Crippen LogP contribution < -0.4 is 0 Å². The quantitative estimate of drug-likeness (QED) is 0.763. The van der Waals surface area contributed by atoms with Crippen molar-refractivity contribution in [1.29, 1.82) is 0 Å². The molecule has 1 aromatic carbocycles. The number of carbonyl (C=O) groups is 1. The van der Waals surface area contributed by atoms with Gasteiger partial charge >= 0.3 is 5.97 Å². The minimum atomic E-state index is -0.219. The van der Waals surface area contributed by atoms with Crippen LogP contribution in [0.3, 0.4) is 0 Å². The maximum atomic E-state index is 12.6. The summed E-state index contributed by atoms with van der Waals surface area (Å²) < 4.78 is 6.67. The molecule has 0 spiro atoms. The summed E-state index contributed by atoms with van der Waals surface area (Å²) in [4.78, 5) is 18.3. The van der Waals surface area contributed by atoms with Crippen LogP contribution in [0.2, 0.25) is 0 Å². The van der Waals surface area contributed by atoms with E-state index in [1.807, 2.05) is 19.1 Å². The average Bonchev–Trinajstić information content (AvgIpc) is 2.98. The molecule has 2 bridgehead atoms. The Morgan fingerprint density at radius 2 is 1.96 bits per heavy atom. The Labute approximate surface area is 156 Å². The van der Waals surface area contributed by atoms with E-state index in [0.717, 1.165) is 59.8 Å². The molecule has 0 radical (unpaired) electrons. The molecule has 0 saturated carbocycles. The number of aromatic amines is 1. The van der Waals surface area contributed by atoms with E-state index in [0.29, 0.717) is 12.2 Å². The van der Waals surface area contributed by atoms with E-state index in [2.05, 4.69) is 25.8 Å². The van der Waals surface area contributed by atoms with Crippen LogP contribution >= 0.6 is 28.3 Å². The molecule has 3 saturated heterocycles. The van der Waals surface area contributed by atoms with Gasteiger partial charge in [-0.3, -0.25) is 0 Å². The Kier molecular flexibility index (Phi) is 4.96. The highest BCUT2D eigenvalue weighted by Gasteiger charge is 2.40. The number of hydrogen-bond acceptors (Lipinski definition) is 3. The molecule has 0 aliphatic carbocycles. The van der Waals surface area contributed by atoms with Crippen LogP contribution in [0.15, 0.2) is 22.8 Å². The van der Waals surface area contributed by atoms with Gasteiger partial charge in [-0.15, -0.1) is 12.4 Å². The van der Waals surface area contributed by atoms with Gasteiger partial charge in [0.05, 0.1) is 12.2 Å². The van der Waals surface area contributed by atoms with E-state index in [-0.39, 0.29) is 23.8 Å². The van der Waals surface area contributed by atoms with Gasteiger partial charge in [0.25, 0.3) is 0 Å². The number of halogens is 2. The number of nitrogens with one attached hydrogen (secondary N) is 1. The maximum Gasteiger partial charge on any atom is 0.340 e. The smallest absolute Gasteiger partial charge is 0.340 e. The summed E-state index contributed by atoms with van der Waals surface area (Å²) in [6.45, 7) is 6.04. The van der Waals surface area contributed by atoms with Crippen molar-refractivity contribution in [2.75, 3.05) is 26.2 Å². The summed E-state index contributed by atoms with van der Waals surface area (Å²) in [6, 6.07) is 4.08. The SMILES string of the molecule is Cc1cc(Br)c2c(C(=O)OCC34CCN(CC3)CC4)c[nH]c2c1.Cl. The van der Waals surface area contributed by atoms with Crippen molar-refractivity contribution >= 4 is 45.2 Å². The van der Waals surface area contributed by atoms with Crippen LogP contribution in [0.5, 0.6) is 0 Å². The molecule has 0 unspecified atom stereocenters. The topological polar surface area (TPSA) is 45.3 Å². The highest BCUT2D eigenvalue weighted by Crippen LogP contribution is 2.40. The second kappa shape index (κ2) is 6.70. The standard InChI is InChI=1S/C18H21BrN2O2.ClH/c1-12-8-14(19)16-13(10-20-15(16)9-12)17(22)23-11-18-2-5-21(6-3-18)7-4-18;/h8-10,20H,2-7,11H2,1H3;1H. The molecule has 0 amide bonds. The summed E-state index contributed by atoms with van der Waals surface area (Å²) in [7, 11) is 0. The maximum absolute atomic E-state index is 12.6. The minimum absolute atomic E-state index is 0. The normalized spacial score (nSPS) is 25.5. The number of H-pyrrole nitrogens is 1. The lowest BCUT2D eigenvalue weighted by atomic mass is 9.73. The number of esters is 1. The zero-order chi connectivity index (χ0) is 16.0. The van der Waals surface area contributed by atoms with Crippen LogP contribution in [0.1, 0.15) is 35.2 Å². The van der Waals surface area contributed by atoms with Gasteiger partial charge in [-0.2, -0.15) is 0 Å². The molecule has 3 aliphatic heterocycles. The molecule has 6 heteroatoms. The third-order valence-corrected chi connectivity index (χ3v) is 6.11.